The van der Waals surface area contributed by atoms with E-state index in [-0.39, 0.29) is 21.1 Å². The summed E-state index contributed by atoms with van der Waals surface area (Å²) in [4.78, 5) is 4.72. The van der Waals surface area contributed by atoms with Crippen molar-refractivity contribution in [2.24, 2.45) is 0 Å². The zero-order valence-electron chi connectivity index (χ0n) is 19.2. The van der Waals surface area contributed by atoms with Crippen molar-refractivity contribution in [3.8, 4) is 17.2 Å². The number of hydrogen-bond acceptors (Lipinski definition) is 4. The predicted octanol–water partition coefficient (Wildman–Crippen LogP) is 7.58. The van der Waals surface area contributed by atoms with Gasteiger partial charge in [-0.25, -0.2) is 0 Å². The van der Waals surface area contributed by atoms with Crippen LogP contribution in [0.15, 0.2) is 97.6 Å². The van der Waals surface area contributed by atoms with Gasteiger partial charge in [0.15, 0.2) is 0 Å². The van der Waals surface area contributed by atoms with Crippen molar-refractivity contribution in [3.63, 3.8) is 0 Å². The molecule has 0 aliphatic rings. The molecule has 8 aromatic rings. The Balaban J connectivity index is 0.00000231. The van der Waals surface area contributed by atoms with Crippen molar-refractivity contribution < 1.29 is 25.8 Å². The smallest absolute Gasteiger partial charge is 0.503 e. The summed E-state index contributed by atoms with van der Waals surface area (Å²) < 4.78 is 12.7. The summed E-state index contributed by atoms with van der Waals surface area (Å²) in [5, 5.41) is 10.0. The second kappa shape index (κ2) is 8.55. The van der Waals surface area contributed by atoms with Crippen LogP contribution in [0.1, 0.15) is 0 Å². The van der Waals surface area contributed by atoms with Gasteiger partial charge in [0.05, 0.1) is 5.65 Å². The van der Waals surface area contributed by atoms with Gasteiger partial charge in [0.25, 0.3) is 0 Å². The molecular formula is C30H16N4OPtS. The van der Waals surface area contributed by atoms with E-state index in [1.54, 1.807) is 10.9 Å². The van der Waals surface area contributed by atoms with Crippen molar-refractivity contribution in [3.05, 3.63) is 110 Å². The van der Waals surface area contributed by atoms with Crippen LogP contribution in [0.4, 0.5) is 0 Å². The van der Waals surface area contributed by atoms with Crippen LogP contribution in [0.25, 0.3) is 53.2 Å². The maximum Gasteiger partial charge on any atom is 2.00 e. The number of nitrogens with zero attached hydrogens (tertiary/aromatic N) is 4. The molecule has 0 aliphatic carbocycles. The zero-order chi connectivity index (χ0) is 23.6. The molecule has 0 fully saturated rings. The van der Waals surface area contributed by atoms with Crippen molar-refractivity contribution >= 4 is 58.8 Å². The number of thiophene rings is 1. The number of hydrogen-bond donors (Lipinski definition) is 0. The molecule has 0 atom stereocenters. The monoisotopic (exact) mass is 675 g/mol. The van der Waals surface area contributed by atoms with E-state index in [1.807, 2.05) is 60.3 Å². The van der Waals surface area contributed by atoms with Gasteiger partial charge in [0.2, 0.25) is 0 Å². The summed E-state index contributed by atoms with van der Waals surface area (Å²) >= 11 is 1.83. The first kappa shape index (κ1) is 22.2. The van der Waals surface area contributed by atoms with Gasteiger partial charge < -0.3 is 9.14 Å². The van der Waals surface area contributed by atoms with Gasteiger partial charge in [-0.1, -0.05) is 41.1 Å². The Kier molecular flexibility index (Phi) is 5.13. The molecule has 0 saturated carbocycles. The summed E-state index contributed by atoms with van der Waals surface area (Å²) in [6, 6.07) is 31.5. The number of pyridine rings is 1. The number of aromatic nitrogens is 4. The standard InChI is InChI=1S/C30H16N4OS.Pt/c1-2-8-26-24(7-1)28-27(36-26)12-11-23-22-10-9-21(18-25(22)30-31-14-16-33(30)29(23)28)35-20-6-3-5-19(17-20)34-15-4-13-32-34;/h1-16H;/q-2;+2. The van der Waals surface area contributed by atoms with E-state index < -0.39 is 0 Å². The third kappa shape index (κ3) is 3.40. The molecule has 37 heavy (non-hydrogen) atoms. The molecule has 4 aromatic heterocycles. The van der Waals surface area contributed by atoms with Gasteiger partial charge >= 0.3 is 21.1 Å². The van der Waals surface area contributed by atoms with E-state index in [2.05, 4.69) is 64.1 Å². The molecule has 0 saturated heterocycles. The minimum absolute atomic E-state index is 0. The SMILES string of the molecule is [Pt+2].[c-]1c(Oc2[c-]c3c(cc2)c2ccc4sc5ccccc5c4c2n2ccnc32)cccc1-n1cccn1. The van der Waals surface area contributed by atoms with Gasteiger partial charge in [-0.05, 0) is 29.3 Å². The fraction of sp³-hybridized carbons (Fsp3) is 0. The summed E-state index contributed by atoms with van der Waals surface area (Å²) in [6.07, 6.45) is 7.51. The normalized spacial score (nSPS) is 11.6. The minimum atomic E-state index is 0. The molecule has 0 amide bonds. The summed E-state index contributed by atoms with van der Waals surface area (Å²) in [5.41, 5.74) is 2.85. The Labute approximate surface area is 229 Å². The van der Waals surface area contributed by atoms with Crippen LogP contribution in [0.3, 0.4) is 0 Å². The summed E-state index contributed by atoms with van der Waals surface area (Å²) in [5.74, 6) is 1.22. The third-order valence-electron chi connectivity index (χ3n) is 6.55. The van der Waals surface area contributed by atoms with Crippen LogP contribution in [0, 0.1) is 12.1 Å². The van der Waals surface area contributed by atoms with E-state index in [4.69, 9.17) is 9.72 Å². The molecule has 4 aromatic carbocycles. The fourth-order valence-electron chi connectivity index (χ4n) is 5.03. The number of ether oxygens (including phenoxy) is 1. The second-order valence-corrected chi connectivity index (χ2v) is 9.70. The molecule has 8 rings (SSSR count). The number of imidazole rings is 1. The molecule has 0 spiro atoms. The largest absolute Gasteiger partial charge is 2.00 e. The van der Waals surface area contributed by atoms with E-state index in [0.717, 1.165) is 22.1 Å². The Morgan fingerprint density at radius 2 is 1.62 bits per heavy atom. The molecule has 0 bridgehead atoms. The maximum absolute atomic E-state index is 6.19. The van der Waals surface area contributed by atoms with Crippen molar-refractivity contribution in [1.82, 2.24) is 19.2 Å². The Morgan fingerprint density at radius 3 is 2.54 bits per heavy atom. The minimum Gasteiger partial charge on any atom is -0.503 e. The van der Waals surface area contributed by atoms with Crippen LogP contribution in [0.2, 0.25) is 0 Å². The van der Waals surface area contributed by atoms with E-state index in [0.29, 0.717) is 11.5 Å². The molecule has 0 unspecified atom stereocenters. The van der Waals surface area contributed by atoms with Gasteiger partial charge in [-0.15, -0.1) is 41.7 Å². The van der Waals surface area contributed by atoms with E-state index in [1.165, 1.54) is 31.1 Å². The van der Waals surface area contributed by atoms with Crippen LogP contribution < -0.4 is 4.74 Å². The van der Waals surface area contributed by atoms with Crippen molar-refractivity contribution in [2.45, 2.75) is 0 Å². The Bertz CT molecular complexity index is 2090. The molecule has 0 aliphatic heterocycles. The van der Waals surface area contributed by atoms with Gasteiger partial charge in [0, 0.05) is 62.0 Å². The Hall–Kier alpha value is -3.99. The average molecular weight is 676 g/mol. The third-order valence-corrected chi connectivity index (χ3v) is 7.69. The molecular weight excluding hydrogens is 660 g/mol. The van der Waals surface area contributed by atoms with Gasteiger partial charge in [-0.3, -0.25) is 9.67 Å². The first-order valence-electron chi connectivity index (χ1n) is 11.6. The molecule has 0 radical (unpaired) electrons. The number of benzene rings is 4. The van der Waals surface area contributed by atoms with Crippen LogP contribution in [-0.4, -0.2) is 19.2 Å². The Morgan fingerprint density at radius 1 is 0.730 bits per heavy atom. The molecule has 5 nitrogen and oxygen atoms in total. The predicted molar refractivity (Wildman–Crippen MR) is 144 cm³/mol. The molecule has 178 valence electrons. The van der Waals surface area contributed by atoms with Crippen molar-refractivity contribution in [1.29, 1.82) is 0 Å². The first-order valence-corrected chi connectivity index (χ1v) is 12.4. The number of rotatable bonds is 3. The van der Waals surface area contributed by atoms with Gasteiger partial charge in [-0.2, -0.15) is 11.2 Å². The fourth-order valence-corrected chi connectivity index (χ4v) is 6.14. The van der Waals surface area contributed by atoms with Crippen LogP contribution in [-0.2, 0) is 21.1 Å². The molecule has 4 heterocycles. The maximum atomic E-state index is 6.19. The quantitative estimate of drug-likeness (QED) is 0.143. The topological polar surface area (TPSA) is 44.4 Å². The molecule has 7 heteroatoms. The van der Waals surface area contributed by atoms with Crippen molar-refractivity contribution in [2.75, 3.05) is 0 Å². The number of fused-ring (bicyclic) bond motifs is 10. The van der Waals surface area contributed by atoms with Crippen LogP contribution in [0.5, 0.6) is 11.5 Å². The first-order chi connectivity index (χ1) is 17.8. The second-order valence-electron chi connectivity index (χ2n) is 8.62. The zero-order valence-corrected chi connectivity index (χ0v) is 22.2. The van der Waals surface area contributed by atoms with Crippen LogP contribution >= 0.6 is 11.3 Å². The summed E-state index contributed by atoms with van der Waals surface area (Å²) in [7, 11) is 0. The van der Waals surface area contributed by atoms with Gasteiger partial charge in [0.1, 0.15) is 0 Å². The van der Waals surface area contributed by atoms with E-state index in [9.17, 15) is 0 Å². The summed E-state index contributed by atoms with van der Waals surface area (Å²) in [6.45, 7) is 0. The molecule has 0 N–H and O–H groups in total. The average Bonchev–Trinajstić information content (AvgIpc) is 3.68. The van der Waals surface area contributed by atoms with E-state index >= 15 is 0 Å².